The Morgan fingerprint density at radius 1 is 0.769 bits per heavy atom. The van der Waals surface area contributed by atoms with Crippen molar-refractivity contribution < 1.29 is 38.2 Å². The molecule has 14 nitrogen and oxygen atoms in total. The quantitative estimate of drug-likeness (QED) is 0.239. The number of aromatic nitrogens is 2. The molecule has 2 N–H and O–H groups in total. The third-order valence-corrected chi connectivity index (χ3v) is 11.0. The van der Waals surface area contributed by atoms with E-state index in [2.05, 4.69) is 15.6 Å². The van der Waals surface area contributed by atoms with Crippen LogP contribution in [-0.4, -0.2) is 94.1 Å². The summed E-state index contributed by atoms with van der Waals surface area (Å²) in [4.78, 5) is 86.7. The fraction of sp³-hybridized carbons (Fsp3) is 0.541. The standard InChI is InChI=1S/C37H48N6O8S/c1-21(2)25(17-31(44)50-5)35(48)42-15-7-9-27(42)33(46)38-24-13-11-23(12-14-24)29-19-41-20-30(40-37(41)52-29)39-34(47)28-10-8-16-43(28)36(49)26(22(3)4)18-32(45)51-6/h11-14,19-22,25-28H,7-10,15-18H2,1-6H3,(H,38,46)(H,39,47)/t25-,26-,27?,28?/m0/s1. The number of anilines is 2. The predicted molar refractivity (Wildman–Crippen MR) is 195 cm³/mol. The molecule has 0 radical (unpaired) electrons. The molecule has 4 heterocycles. The Balaban J connectivity index is 1.19. The minimum Gasteiger partial charge on any atom is -0.469 e. The van der Waals surface area contributed by atoms with E-state index in [0.717, 1.165) is 10.4 Å². The number of amides is 4. The SMILES string of the molecule is COC(=O)C[C@H](C(=O)N1CCCC1C(=O)Nc1ccc(-c2cn3cc(NC(=O)C4CCCN4C(=O)[C@@H](CC(=O)OC)C(C)C)nc3s2)cc1)C(C)C. The molecule has 4 amide bonds. The number of nitrogens with one attached hydrogen (secondary N) is 2. The van der Waals surface area contributed by atoms with Crippen molar-refractivity contribution >= 4 is 63.4 Å². The highest BCUT2D eigenvalue weighted by Crippen LogP contribution is 2.32. The smallest absolute Gasteiger partial charge is 0.306 e. The first-order valence-electron chi connectivity index (χ1n) is 17.8. The molecule has 52 heavy (non-hydrogen) atoms. The summed E-state index contributed by atoms with van der Waals surface area (Å²) in [6, 6.07) is 6.12. The first-order valence-corrected chi connectivity index (χ1v) is 18.6. The zero-order chi connectivity index (χ0) is 37.7. The summed E-state index contributed by atoms with van der Waals surface area (Å²) < 4.78 is 11.4. The van der Waals surface area contributed by atoms with Gasteiger partial charge in [0.05, 0.1) is 50.0 Å². The predicted octanol–water partition coefficient (Wildman–Crippen LogP) is 4.59. The highest BCUT2D eigenvalue weighted by atomic mass is 32.1. The van der Waals surface area contributed by atoms with Crippen molar-refractivity contribution in [3.63, 3.8) is 0 Å². The van der Waals surface area contributed by atoms with Gasteiger partial charge in [-0.1, -0.05) is 51.2 Å². The molecule has 0 saturated carbocycles. The van der Waals surface area contributed by atoms with Crippen molar-refractivity contribution in [2.75, 3.05) is 37.9 Å². The summed E-state index contributed by atoms with van der Waals surface area (Å²) in [6.45, 7) is 8.43. The number of carbonyl (C=O) groups excluding carboxylic acids is 6. The summed E-state index contributed by atoms with van der Waals surface area (Å²) in [5.74, 6) is -2.85. The molecule has 15 heteroatoms. The van der Waals surface area contributed by atoms with E-state index in [1.165, 1.54) is 25.6 Å². The monoisotopic (exact) mass is 736 g/mol. The van der Waals surface area contributed by atoms with Gasteiger partial charge in [0.25, 0.3) is 0 Å². The number of rotatable bonds is 13. The number of methoxy groups -OCH3 is 2. The van der Waals surface area contributed by atoms with Gasteiger partial charge < -0.3 is 29.9 Å². The summed E-state index contributed by atoms with van der Waals surface area (Å²) in [7, 11) is 2.60. The van der Waals surface area contributed by atoms with Gasteiger partial charge in [0.2, 0.25) is 23.6 Å². The van der Waals surface area contributed by atoms with E-state index in [9.17, 15) is 28.8 Å². The molecule has 2 aliphatic rings. The van der Waals surface area contributed by atoms with Crippen LogP contribution in [0.25, 0.3) is 15.4 Å². The van der Waals surface area contributed by atoms with Crippen LogP contribution in [0.2, 0.25) is 0 Å². The van der Waals surface area contributed by atoms with Gasteiger partial charge in [-0.2, -0.15) is 0 Å². The number of ether oxygens (including phenoxy) is 2. The van der Waals surface area contributed by atoms with Gasteiger partial charge in [-0.15, -0.1) is 0 Å². The first-order chi connectivity index (χ1) is 24.8. The minimum atomic E-state index is -0.651. The molecule has 2 aliphatic heterocycles. The molecule has 3 aromatic rings. The number of hydrogen-bond acceptors (Lipinski definition) is 10. The number of carbonyl (C=O) groups is 6. The Hall–Kier alpha value is -4.79. The molecule has 5 rings (SSSR count). The summed E-state index contributed by atoms with van der Waals surface area (Å²) in [5, 5.41) is 5.82. The van der Waals surface area contributed by atoms with E-state index in [1.807, 2.05) is 50.4 Å². The van der Waals surface area contributed by atoms with Gasteiger partial charge in [0.1, 0.15) is 12.1 Å². The number of fused-ring (bicyclic) bond motifs is 1. The van der Waals surface area contributed by atoms with E-state index < -0.39 is 35.9 Å². The number of esters is 2. The first kappa shape index (κ1) is 38.4. The lowest BCUT2D eigenvalue weighted by Crippen LogP contribution is -2.47. The lowest BCUT2D eigenvalue weighted by molar-refractivity contribution is -0.149. The Kier molecular flexibility index (Phi) is 12.3. The molecule has 280 valence electrons. The van der Waals surface area contributed by atoms with Crippen molar-refractivity contribution in [3.05, 3.63) is 36.7 Å². The largest absolute Gasteiger partial charge is 0.469 e. The van der Waals surface area contributed by atoms with Gasteiger partial charge in [-0.05, 0) is 55.2 Å². The normalized spacial score (nSPS) is 18.5. The second kappa shape index (κ2) is 16.7. The third-order valence-electron chi connectivity index (χ3n) is 9.99. The van der Waals surface area contributed by atoms with E-state index in [4.69, 9.17) is 9.47 Å². The van der Waals surface area contributed by atoms with Gasteiger partial charge in [0, 0.05) is 25.0 Å². The second-order valence-electron chi connectivity index (χ2n) is 14.1. The topological polar surface area (TPSA) is 169 Å². The maximum atomic E-state index is 13.4. The Labute approximate surface area is 307 Å². The molecular weight excluding hydrogens is 689 g/mol. The summed E-state index contributed by atoms with van der Waals surface area (Å²) in [5.41, 5.74) is 1.50. The maximum Gasteiger partial charge on any atom is 0.306 e. The van der Waals surface area contributed by atoms with E-state index in [-0.39, 0.29) is 48.3 Å². The highest BCUT2D eigenvalue weighted by Gasteiger charge is 2.40. The van der Waals surface area contributed by atoms with Crippen LogP contribution in [0.1, 0.15) is 66.2 Å². The van der Waals surface area contributed by atoms with Crippen molar-refractivity contribution in [1.29, 1.82) is 0 Å². The average Bonchev–Trinajstić information content (AvgIpc) is 3.93. The third kappa shape index (κ3) is 8.63. The molecule has 0 spiro atoms. The maximum absolute atomic E-state index is 13.4. The molecule has 0 bridgehead atoms. The molecule has 4 atom stereocenters. The van der Waals surface area contributed by atoms with Crippen LogP contribution in [0.5, 0.6) is 0 Å². The van der Waals surface area contributed by atoms with Crippen molar-refractivity contribution in [1.82, 2.24) is 19.2 Å². The van der Waals surface area contributed by atoms with Crippen LogP contribution in [0.15, 0.2) is 36.7 Å². The van der Waals surface area contributed by atoms with Gasteiger partial charge in [-0.25, -0.2) is 4.98 Å². The number of nitrogens with zero attached hydrogens (tertiary/aromatic N) is 4. The minimum absolute atomic E-state index is 0.0239. The lowest BCUT2D eigenvalue weighted by atomic mass is 9.90. The average molecular weight is 737 g/mol. The van der Waals surface area contributed by atoms with E-state index in [1.54, 1.807) is 28.1 Å². The van der Waals surface area contributed by atoms with Crippen molar-refractivity contribution in [2.24, 2.45) is 23.7 Å². The fourth-order valence-electron chi connectivity index (χ4n) is 6.92. The Morgan fingerprint density at radius 3 is 1.73 bits per heavy atom. The van der Waals surface area contributed by atoms with Crippen LogP contribution in [0.3, 0.4) is 0 Å². The Bertz CT molecular complexity index is 1770. The van der Waals surface area contributed by atoms with Crippen LogP contribution in [-0.2, 0) is 38.2 Å². The van der Waals surface area contributed by atoms with Crippen molar-refractivity contribution in [3.8, 4) is 10.4 Å². The zero-order valence-corrected chi connectivity index (χ0v) is 31.4. The molecule has 2 aromatic heterocycles. The van der Waals surface area contributed by atoms with Crippen LogP contribution in [0.4, 0.5) is 11.5 Å². The number of benzene rings is 1. The lowest BCUT2D eigenvalue weighted by Gasteiger charge is -2.29. The van der Waals surface area contributed by atoms with Crippen LogP contribution < -0.4 is 10.6 Å². The molecule has 1 aromatic carbocycles. The van der Waals surface area contributed by atoms with Gasteiger partial charge in [0.15, 0.2) is 10.8 Å². The molecule has 2 fully saturated rings. The van der Waals surface area contributed by atoms with E-state index in [0.29, 0.717) is 55.2 Å². The number of hydrogen-bond donors (Lipinski definition) is 2. The van der Waals surface area contributed by atoms with Crippen LogP contribution in [0, 0.1) is 23.7 Å². The summed E-state index contributed by atoms with van der Waals surface area (Å²) >= 11 is 1.43. The summed E-state index contributed by atoms with van der Waals surface area (Å²) in [6.07, 6.45) is 6.03. The number of likely N-dealkylation sites (tertiary alicyclic amines) is 2. The molecule has 2 saturated heterocycles. The number of imidazole rings is 1. The molecule has 0 aliphatic carbocycles. The van der Waals surface area contributed by atoms with Crippen molar-refractivity contribution in [2.45, 2.75) is 78.3 Å². The number of thiazole rings is 1. The Morgan fingerprint density at radius 2 is 1.27 bits per heavy atom. The van der Waals surface area contributed by atoms with E-state index >= 15 is 0 Å². The van der Waals surface area contributed by atoms with Gasteiger partial charge >= 0.3 is 11.9 Å². The second-order valence-corrected chi connectivity index (χ2v) is 15.1. The zero-order valence-electron chi connectivity index (χ0n) is 30.5. The highest BCUT2D eigenvalue weighted by molar-refractivity contribution is 7.20. The van der Waals surface area contributed by atoms with Gasteiger partial charge in [-0.3, -0.25) is 33.2 Å². The molecular formula is C37H48N6O8S. The van der Waals surface area contributed by atoms with Crippen LogP contribution >= 0.6 is 11.3 Å². The molecule has 2 unspecified atom stereocenters. The fourth-order valence-corrected chi connectivity index (χ4v) is 7.89.